The van der Waals surface area contributed by atoms with Crippen LogP contribution in [0, 0.1) is 0 Å². The minimum Gasteiger partial charge on any atom is -0.497 e. The van der Waals surface area contributed by atoms with Crippen molar-refractivity contribution in [3.05, 3.63) is 35.3 Å². The number of carbonyl (C=O) groups excluding carboxylic acids is 2. The molecule has 1 saturated heterocycles. The highest BCUT2D eigenvalue weighted by Crippen LogP contribution is 2.26. The van der Waals surface area contributed by atoms with Gasteiger partial charge < -0.3 is 14.4 Å². The molecule has 1 fully saturated rings. The Labute approximate surface area is 163 Å². The molecule has 2 heterocycles. The van der Waals surface area contributed by atoms with Crippen molar-refractivity contribution in [3.8, 4) is 16.3 Å². The highest BCUT2D eigenvalue weighted by Gasteiger charge is 2.26. The molecule has 0 N–H and O–H groups in total. The second-order valence-electron chi connectivity index (χ2n) is 6.49. The van der Waals surface area contributed by atoms with Crippen LogP contribution in [0.2, 0.25) is 0 Å². The molecule has 27 heavy (non-hydrogen) atoms. The molecule has 2 aromatic rings. The summed E-state index contributed by atoms with van der Waals surface area (Å²) in [5, 5.41) is 2.38. The number of hydrogen-bond donors (Lipinski definition) is 0. The molecule has 0 spiro atoms. The van der Waals surface area contributed by atoms with Crippen LogP contribution in [0.3, 0.4) is 0 Å². The summed E-state index contributed by atoms with van der Waals surface area (Å²) >= 11 is 1.36. The van der Waals surface area contributed by atoms with E-state index in [0.29, 0.717) is 0 Å². The van der Waals surface area contributed by atoms with E-state index in [4.69, 9.17) is 9.47 Å². The second-order valence-corrected chi connectivity index (χ2v) is 7.35. The summed E-state index contributed by atoms with van der Waals surface area (Å²) in [4.78, 5) is 30.9. The molecule has 6 nitrogen and oxygen atoms in total. The largest absolute Gasteiger partial charge is 0.497 e. The standard InChI is InChI=1S/C20H24N2O4S/c1-3-15-6-4-5-11-22(15)18(23)12-26-20(24)17-13-27-19(21-17)14-7-9-16(25-2)10-8-14/h7-10,13,15H,3-6,11-12H2,1-2H3. The molecule has 0 saturated carbocycles. The van der Waals surface area contributed by atoms with E-state index >= 15 is 0 Å². The monoisotopic (exact) mass is 388 g/mol. The number of likely N-dealkylation sites (tertiary alicyclic amines) is 1. The van der Waals surface area contributed by atoms with Crippen LogP contribution < -0.4 is 4.74 Å². The Morgan fingerprint density at radius 2 is 2.04 bits per heavy atom. The lowest BCUT2D eigenvalue weighted by atomic mass is 10.00. The minimum absolute atomic E-state index is 0.125. The molecule has 1 aliphatic rings. The Morgan fingerprint density at radius 3 is 2.74 bits per heavy atom. The fourth-order valence-corrected chi connectivity index (χ4v) is 4.07. The van der Waals surface area contributed by atoms with Gasteiger partial charge in [0.2, 0.25) is 0 Å². The van der Waals surface area contributed by atoms with Crippen LogP contribution in [0.15, 0.2) is 29.6 Å². The number of esters is 1. The zero-order chi connectivity index (χ0) is 19.2. The smallest absolute Gasteiger partial charge is 0.358 e. The van der Waals surface area contributed by atoms with Gasteiger partial charge in [-0.15, -0.1) is 11.3 Å². The number of methoxy groups -OCH3 is 1. The van der Waals surface area contributed by atoms with E-state index in [9.17, 15) is 9.59 Å². The molecule has 0 radical (unpaired) electrons. The highest BCUT2D eigenvalue weighted by molar-refractivity contribution is 7.13. The zero-order valence-electron chi connectivity index (χ0n) is 15.6. The van der Waals surface area contributed by atoms with Crippen LogP contribution in [0.1, 0.15) is 43.1 Å². The van der Waals surface area contributed by atoms with E-state index < -0.39 is 5.97 Å². The summed E-state index contributed by atoms with van der Waals surface area (Å²) in [6, 6.07) is 7.72. The van der Waals surface area contributed by atoms with Crippen LogP contribution in [0.4, 0.5) is 0 Å². The highest BCUT2D eigenvalue weighted by atomic mass is 32.1. The Hall–Kier alpha value is -2.41. The Balaban J connectivity index is 1.58. The van der Waals surface area contributed by atoms with Crippen molar-refractivity contribution < 1.29 is 19.1 Å². The average molecular weight is 388 g/mol. The van der Waals surface area contributed by atoms with Gasteiger partial charge in [0.15, 0.2) is 12.3 Å². The summed E-state index contributed by atoms with van der Waals surface area (Å²) in [7, 11) is 1.61. The number of benzene rings is 1. The van der Waals surface area contributed by atoms with Crippen molar-refractivity contribution in [2.75, 3.05) is 20.3 Å². The van der Waals surface area contributed by atoms with E-state index in [2.05, 4.69) is 11.9 Å². The normalized spacial score (nSPS) is 16.8. The predicted octanol–water partition coefficient (Wildman–Crippen LogP) is 3.77. The molecule has 1 atom stereocenters. The van der Waals surface area contributed by atoms with Gasteiger partial charge in [-0.1, -0.05) is 6.92 Å². The maximum atomic E-state index is 12.4. The predicted molar refractivity (Wildman–Crippen MR) is 104 cm³/mol. The maximum Gasteiger partial charge on any atom is 0.358 e. The van der Waals surface area contributed by atoms with Gasteiger partial charge in [-0.3, -0.25) is 4.79 Å². The first-order chi connectivity index (χ1) is 13.1. The van der Waals surface area contributed by atoms with Crippen molar-refractivity contribution >= 4 is 23.2 Å². The minimum atomic E-state index is -0.565. The molecule has 7 heteroatoms. The van der Waals surface area contributed by atoms with E-state index in [1.165, 1.54) is 11.3 Å². The number of nitrogens with zero attached hydrogens (tertiary/aromatic N) is 2. The fourth-order valence-electron chi connectivity index (χ4n) is 3.27. The van der Waals surface area contributed by atoms with Crippen molar-refractivity contribution in [1.82, 2.24) is 9.88 Å². The molecular weight excluding hydrogens is 364 g/mol. The summed E-state index contributed by atoms with van der Waals surface area (Å²) in [5.41, 5.74) is 1.12. The molecule has 1 amide bonds. The van der Waals surface area contributed by atoms with Gasteiger partial charge in [-0.2, -0.15) is 0 Å². The SMILES string of the molecule is CCC1CCCCN1C(=O)COC(=O)c1csc(-c2ccc(OC)cc2)n1. The molecule has 1 aromatic carbocycles. The number of piperidine rings is 1. The van der Waals surface area contributed by atoms with Crippen LogP contribution in [-0.2, 0) is 9.53 Å². The van der Waals surface area contributed by atoms with Gasteiger partial charge in [0.05, 0.1) is 7.11 Å². The third-order valence-electron chi connectivity index (χ3n) is 4.80. The maximum absolute atomic E-state index is 12.4. The molecule has 1 aromatic heterocycles. The summed E-state index contributed by atoms with van der Waals surface area (Å²) in [6.07, 6.45) is 4.10. The topological polar surface area (TPSA) is 68.7 Å². The van der Waals surface area contributed by atoms with Crippen molar-refractivity contribution in [2.45, 2.75) is 38.6 Å². The van der Waals surface area contributed by atoms with E-state index in [1.54, 1.807) is 12.5 Å². The zero-order valence-corrected chi connectivity index (χ0v) is 16.5. The Morgan fingerprint density at radius 1 is 1.26 bits per heavy atom. The first-order valence-electron chi connectivity index (χ1n) is 9.19. The molecule has 0 aliphatic carbocycles. The summed E-state index contributed by atoms with van der Waals surface area (Å²) < 4.78 is 10.4. The van der Waals surface area contributed by atoms with Gasteiger partial charge in [-0.05, 0) is 49.9 Å². The van der Waals surface area contributed by atoms with E-state index in [0.717, 1.165) is 48.5 Å². The number of thiazole rings is 1. The number of carbonyl (C=O) groups is 2. The van der Waals surface area contributed by atoms with Crippen LogP contribution >= 0.6 is 11.3 Å². The van der Waals surface area contributed by atoms with Gasteiger partial charge >= 0.3 is 5.97 Å². The van der Waals surface area contributed by atoms with Gasteiger partial charge in [0, 0.05) is 23.5 Å². The lowest BCUT2D eigenvalue weighted by Gasteiger charge is -2.35. The van der Waals surface area contributed by atoms with Crippen LogP contribution in [0.25, 0.3) is 10.6 Å². The number of ether oxygens (including phenoxy) is 2. The molecule has 0 bridgehead atoms. The van der Waals surface area contributed by atoms with E-state index in [-0.39, 0.29) is 24.2 Å². The number of aromatic nitrogens is 1. The first-order valence-corrected chi connectivity index (χ1v) is 10.1. The average Bonchev–Trinajstić information content (AvgIpc) is 3.22. The lowest BCUT2D eigenvalue weighted by Crippen LogP contribution is -2.45. The molecule has 1 unspecified atom stereocenters. The van der Waals surface area contributed by atoms with E-state index in [1.807, 2.05) is 29.2 Å². The number of hydrogen-bond acceptors (Lipinski definition) is 6. The summed E-state index contributed by atoms with van der Waals surface area (Å²) in [6.45, 7) is 2.59. The van der Waals surface area contributed by atoms with Crippen molar-refractivity contribution in [2.24, 2.45) is 0 Å². The third kappa shape index (κ3) is 4.66. The molecular formula is C20H24N2O4S. The van der Waals surface area contributed by atoms with Crippen LogP contribution in [-0.4, -0.2) is 48.1 Å². The molecule has 1 aliphatic heterocycles. The third-order valence-corrected chi connectivity index (χ3v) is 5.69. The number of rotatable bonds is 6. The Kier molecular flexibility index (Phi) is 6.45. The Bertz CT molecular complexity index is 788. The van der Waals surface area contributed by atoms with Gasteiger partial charge in [-0.25, -0.2) is 9.78 Å². The quantitative estimate of drug-likeness (QED) is 0.705. The fraction of sp³-hybridized carbons (Fsp3) is 0.450. The van der Waals surface area contributed by atoms with Crippen molar-refractivity contribution in [3.63, 3.8) is 0 Å². The van der Waals surface area contributed by atoms with Crippen molar-refractivity contribution in [1.29, 1.82) is 0 Å². The molecule has 144 valence electrons. The van der Waals surface area contributed by atoms with Crippen LogP contribution in [0.5, 0.6) is 5.75 Å². The lowest BCUT2D eigenvalue weighted by molar-refractivity contribution is -0.138. The summed E-state index contributed by atoms with van der Waals surface area (Å²) in [5.74, 6) is 0.0708. The second kappa shape index (κ2) is 8.99. The first kappa shape index (κ1) is 19.4. The number of amides is 1. The molecule has 3 rings (SSSR count). The van der Waals surface area contributed by atoms with Gasteiger partial charge in [0.25, 0.3) is 5.91 Å². The van der Waals surface area contributed by atoms with Gasteiger partial charge in [0.1, 0.15) is 10.8 Å².